The molecule has 0 fully saturated rings. The second-order valence-electron chi connectivity index (χ2n) is 16.7. The molecule has 1 heteroatoms. The van der Waals surface area contributed by atoms with Crippen molar-refractivity contribution < 1.29 is 0 Å². The van der Waals surface area contributed by atoms with Gasteiger partial charge in [-0.15, -0.1) is 0 Å². The van der Waals surface area contributed by atoms with Crippen LogP contribution < -0.4 is 15.6 Å². The Kier molecular flexibility index (Phi) is 11.4. The van der Waals surface area contributed by atoms with E-state index >= 15 is 0 Å². The van der Waals surface area contributed by atoms with E-state index in [4.69, 9.17) is 0 Å². The van der Waals surface area contributed by atoms with Crippen molar-refractivity contribution in [1.82, 2.24) is 0 Å². The zero-order valence-corrected chi connectivity index (χ0v) is 33.6. The lowest BCUT2D eigenvalue weighted by Gasteiger charge is -2.38. The predicted octanol–water partition coefficient (Wildman–Crippen LogP) is 11.9. The van der Waals surface area contributed by atoms with Gasteiger partial charge in [0.15, 0.2) is 8.07 Å². The Labute approximate surface area is 300 Å². The molecule has 4 aromatic rings. The van der Waals surface area contributed by atoms with Gasteiger partial charge in [0.25, 0.3) is 0 Å². The highest BCUT2D eigenvalue weighted by Gasteiger charge is 2.45. The Balaban J connectivity index is 1.98. The molecule has 0 N–H and O–H groups in total. The van der Waals surface area contributed by atoms with Gasteiger partial charge in [-0.2, -0.15) is 0 Å². The molecule has 0 saturated carbocycles. The number of rotatable bonds is 12. The lowest BCUT2D eigenvalue weighted by molar-refractivity contribution is 0.834. The second kappa shape index (κ2) is 15.2. The second-order valence-corrected chi connectivity index (χ2v) is 20.5. The van der Waals surface area contributed by atoms with Crippen molar-refractivity contribution in [2.75, 3.05) is 0 Å². The van der Waals surface area contributed by atoms with Gasteiger partial charge in [-0.25, -0.2) is 0 Å². The topological polar surface area (TPSA) is 0 Å². The van der Waals surface area contributed by atoms with E-state index in [1.807, 2.05) is 0 Å². The minimum Gasteiger partial charge on any atom is -0.0773 e. The minimum absolute atomic E-state index is 0.454. The summed E-state index contributed by atoms with van der Waals surface area (Å²) in [7, 11) is -2.80. The molecule has 258 valence electrons. The Hall–Kier alpha value is -3.42. The molecule has 0 aromatic heterocycles. The SMILES string of the molecule is CC(C)c1cc(C(C)C)cc([Si](C2=CC(Cc3ccccc3)=CC2)(c2cc(C(C)C)cc(C(C)C)c2)c2cc(C(C)C)cc(C(C)C)c2)c1. The molecule has 5 rings (SSSR count). The van der Waals surface area contributed by atoms with E-state index in [9.17, 15) is 0 Å². The van der Waals surface area contributed by atoms with Gasteiger partial charge < -0.3 is 0 Å². The third-order valence-corrected chi connectivity index (χ3v) is 15.7. The van der Waals surface area contributed by atoms with Crippen molar-refractivity contribution in [2.24, 2.45) is 0 Å². The van der Waals surface area contributed by atoms with Gasteiger partial charge >= 0.3 is 0 Å². The Bertz CT molecular complexity index is 1580. The molecule has 0 nitrogen and oxygen atoms in total. The zero-order chi connectivity index (χ0) is 35.6. The summed E-state index contributed by atoms with van der Waals surface area (Å²) in [5.74, 6) is 2.72. The van der Waals surface area contributed by atoms with Crippen LogP contribution in [-0.4, -0.2) is 8.07 Å². The van der Waals surface area contributed by atoms with Crippen molar-refractivity contribution in [2.45, 2.75) is 131 Å². The molecule has 0 saturated heterocycles. The lowest BCUT2D eigenvalue weighted by atomic mass is 9.95. The van der Waals surface area contributed by atoms with Crippen LogP contribution in [0.15, 0.2) is 108 Å². The van der Waals surface area contributed by atoms with E-state index in [-0.39, 0.29) is 0 Å². The average Bonchev–Trinajstić information content (AvgIpc) is 3.53. The van der Waals surface area contributed by atoms with Crippen LogP contribution in [0.1, 0.15) is 164 Å². The maximum Gasteiger partial charge on any atom is 0.176 e. The summed E-state index contributed by atoms with van der Waals surface area (Å²) in [5, 5.41) is 6.28. The molecule has 0 heterocycles. The van der Waals surface area contributed by atoms with Gasteiger partial charge in [0.2, 0.25) is 0 Å². The molecule has 1 aliphatic carbocycles. The Morgan fingerprint density at radius 2 is 0.776 bits per heavy atom. The lowest BCUT2D eigenvalue weighted by Crippen LogP contribution is -2.69. The van der Waals surface area contributed by atoms with Crippen LogP contribution in [0.4, 0.5) is 0 Å². The number of hydrogen-bond acceptors (Lipinski definition) is 0. The molecule has 0 radical (unpaired) electrons. The molecule has 49 heavy (non-hydrogen) atoms. The molecule has 0 spiro atoms. The third kappa shape index (κ3) is 7.83. The van der Waals surface area contributed by atoms with Crippen molar-refractivity contribution in [3.8, 4) is 0 Å². The van der Waals surface area contributed by atoms with Gasteiger partial charge in [0.05, 0.1) is 0 Å². The van der Waals surface area contributed by atoms with Gasteiger partial charge in [-0.1, -0.05) is 185 Å². The summed E-state index contributed by atoms with van der Waals surface area (Å²) in [4.78, 5) is 0. The van der Waals surface area contributed by atoms with E-state index in [1.54, 1.807) is 20.8 Å². The van der Waals surface area contributed by atoms with Crippen LogP contribution in [0.25, 0.3) is 0 Å². The standard InChI is InChI=1S/C48H62Si/c1-31(2)39-22-40(32(3)4)26-46(25-39)49(47-27-41(33(5)6)23-42(28-47)34(7)8,48-29-43(35(9)10)24-44(30-48)36(11)12)45-19-18-38(21-45)20-37-16-14-13-15-17-37/h13-18,21-36H,19-20H2,1-12H3. The Morgan fingerprint density at radius 3 is 1.08 bits per heavy atom. The van der Waals surface area contributed by atoms with Crippen LogP contribution in [0.3, 0.4) is 0 Å². The maximum absolute atomic E-state index is 2.80. The van der Waals surface area contributed by atoms with E-state index in [0.29, 0.717) is 35.5 Å². The van der Waals surface area contributed by atoms with Crippen molar-refractivity contribution >= 4 is 23.6 Å². The highest BCUT2D eigenvalue weighted by Crippen LogP contribution is 2.34. The predicted molar refractivity (Wildman–Crippen MR) is 219 cm³/mol. The van der Waals surface area contributed by atoms with Crippen LogP contribution in [0.5, 0.6) is 0 Å². The molecule has 0 atom stereocenters. The first-order chi connectivity index (χ1) is 23.2. The summed E-state index contributed by atoms with van der Waals surface area (Å²) < 4.78 is 0. The average molecular weight is 667 g/mol. The minimum atomic E-state index is -2.80. The highest BCUT2D eigenvalue weighted by atomic mass is 28.3. The van der Waals surface area contributed by atoms with E-state index in [2.05, 4.69) is 180 Å². The smallest absolute Gasteiger partial charge is 0.0773 e. The monoisotopic (exact) mass is 666 g/mol. The van der Waals surface area contributed by atoms with Crippen molar-refractivity contribution in [1.29, 1.82) is 0 Å². The fourth-order valence-corrected chi connectivity index (χ4v) is 12.8. The third-order valence-electron chi connectivity index (χ3n) is 10.9. The normalized spacial score (nSPS) is 13.8. The van der Waals surface area contributed by atoms with Gasteiger partial charge in [-0.05, 0) is 108 Å². The molecular formula is C48H62Si. The van der Waals surface area contributed by atoms with Crippen LogP contribution in [0, 0.1) is 0 Å². The molecule has 0 aliphatic heterocycles. The zero-order valence-electron chi connectivity index (χ0n) is 32.6. The summed E-state index contributed by atoms with van der Waals surface area (Å²) >= 11 is 0. The van der Waals surface area contributed by atoms with E-state index in [0.717, 1.165) is 12.8 Å². The van der Waals surface area contributed by atoms with E-state index < -0.39 is 8.07 Å². The molecule has 0 unspecified atom stereocenters. The van der Waals surface area contributed by atoms with E-state index in [1.165, 1.54) is 44.5 Å². The quantitative estimate of drug-likeness (QED) is 0.104. The first kappa shape index (κ1) is 36.8. The summed E-state index contributed by atoms with van der Waals surface area (Å²) in [6.07, 6.45) is 7.17. The van der Waals surface area contributed by atoms with Gasteiger partial charge in [-0.3, -0.25) is 0 Å². The molecule has 4 aromatic carbocycles. The summed E-state index contributed by atoms with van der Waals surface area (Å²) in [6, 6.07) is 34.3. The number of hydrogen-bond donors (Lipinski definition) is 0. The van der Waals surface area contributed by atoms with Crippen molar-refractivity contribution in [3.05, 3.63) is 147 Å². The largest absolute Gasteiger partial charge is 0.176 e. The first-order valence-corrected chi connectivity index (χ1v) is 21.1. The van der Waals surface area contributed by atoms with Gasteiger partial charge in [0, 0.05) is 0 Å². The number of benzene rings is 4. The first-order valence-electron chi connectivity index (χ1n) is 19.1. The van der Waals surface area contributed by atoms with Gasteiger partial charge in [0.1, 0.15) is 0 Å². The van der Waals surface area contributed by atoms with Crippen LogP contribution in [-0.2, 0) is 6.42 Å². The fraction of sp³-hybridized carbons (Fsp3) is 0.417. The molecule has 0 bridgehead atoms. The van der Waals surface area contributed by atoms with Crippen LogP contribution in [0.2, 0.25) is 0 Å². The maximum atomic E-state index is 2.64. The van der Waals surface area contributed by atoms with Crippen LogP contribution >= 0.6 is 0 Å². The highest BCUT2D eigenvalue weighted by molar-refractivity contribution is 7.16. The fourth-order valence-electron chi connectivity index (χ4n) is 7.53. The number of allylic oxidation sites excluding steroid dienone is 4. The molecular weight excluding hydrogens is 605 g/mol. The van der Waals surface area contributed by atoms with Crippen molar-refractivity contribution in [3.63, 3.8) is 0 Å². The Morgan fingerprint density at radius 1 is 0.449 bits per heavy atom. The molecule has 0 amide bonds. The summed E-state index contributed by atoms with van der Waals surface area (Å²) in [5.41, 5.74) is 11.6. The molecule has 1 aliphatic rings. The summed E-state index contributed by atoms with van der Waals surface area (Å²) in [6.45, 7) is 28.4.